The number of nitrogens with one attached hydrogen (secondary N) is 4. The Balaban J connectivity index is 2.03. The fourth-order valence-corrected chi connectivity index (χ4v) is 4.96. The average Bonchev–Trinajstić information content (AvgIpc) is 2.99. The van der Waals surface area contributed by atoms with Crippen molar-refractivity contribution in [2.45, 2.75) is 57.8 Å². The van der Waals surface area contributed by atoms with E-state index >= 15 is 0 Å². The summed E-state index contributed by atoms with van der Waals surface area (Å²) < 4.78 is 0. The van der Waals surface area contributed by atoms with Gasteiger partial charge >= 0.3 is 5.97 Å². The molecule has 0 radical (unpaired) electrons. The van der Waals surface area contributed by atoms with Crippen LogP contribution in [0, 0.1) is 5.92 Å². The number of aliphatic imine (C=N–C) groups is 1. The molecule has 3 atom stereocenters. The van der Waals surface area contributed by atoms with Gasteiger partial charge in [-0.2, -0.15) is 0 Å². The van der Waals surface area contributed by atoms with Crippen molar-refractivity contribution < 1.29 is 33.9 Å². The first-order valence-electron chi connectivity index (χ1n) is 14.5. The number of amides is 5. The highest BCUT2D eigenvalue weighted by atomic mass is 16.4. The molecule has 9 N–H and O–H groups in total. The summed E-state index contributed by atoms with van der Waals surface area (Å²) in [4.78, 5) is 82.9. The molecule has 0 spiro atoms. The molecule has 2 aromatic carbocycles. The lowest BCUT2D eigenvalue weighted by Crippen LogP contribution is -2.57. The smallest absolute Gasteiger partial charge is 0.305 e. The van der Waals surface area contributed by atoms with E-state index in [1.54, 1.807) is 44.2 Å². The Bertz CT molecular complexity index is 1490. The molecule has 2 aromatic rings. The molecule has 1 heterocycles. The van der Waals surface area contributed by atoms with Gasteiger partial charge in [-0.25, -0.2) is 0 Å². The minimum absolute atomic E-state index is 0.0244. The second-order valence-corrected chi connectivity index (χ2v) is 11.1. The number of hydrogen-bond acceptors (Lipinski definition) is 7. The maximum atomic E-state index is 13.8. The number of hydrogen-bond donors (Lipinski definition) is 7. The predicted octanol–water partition coefficient (Wildman–Crippen LogP) is -0.820. The summed E-state index contributed by atoms with van der Waals surface area (Å²) in [6.07, 6.45) is -0.284. The third kappa shape index (κ3) is 9.39. The number of benzene rings is 2. The monoisotopic (exact) mass is 624 g/mol. The van der Waals surface area contributed by atoms with Gasteiger partial charge in [0.2, 0.25) is 23.6 Å². The minimum Gasteiger partial charge on any atom is -0.481 e. The Hall–Kier alpha value is -5.21. The first-order chi connectivity index (χ1) is 21.3. The molecule has 0 aliphatic carbocycles. The van der Waals surface area contributed by atoms with Crippen LogP contribution in [0.1, 0.15) is 49.0 Å². The molecule has 15 nitrogen and oxygen atoms in total. The molecule has 1 aliphatic heterocycles. The van der Waals surface area contributed by atoms with Gasteiger partial charge in [-0.1, -0.05) is 38.1 Å². The molecule has 0 saturated heterocycles. The largest absolute Gasteiger partial charge is 0.481 e. The van der Waals surface area contributed by atoms with Crippen LogP contribution in [0.3, 0.4) is 0 Å². The quantitative estimate of drug-likeness (QED) is 0.116. The van der Waals surface area contributed by atoms with Crippen LogP contribution >= 0.6 is 0 Å². The Kier molecular flexibility index (Phi) is 11.8. The van der Waals surface area contributed by atoms with Crippen LogP contribution in [-0.2, 0) is 30.5 Å². The van der Waals surface area contributed by atoms with E-state index in [9.17, 15) is 33.9 Å². The fraction of sp³-hybridized carbons (Fsp3) is 0.433. The van der Waals surface area contributed by atoms with Gasteiger partial charge in [0.05, 0.1) is 13.0 Å². The second-order valence-electron chi connectivity index (χ2n) is 11.1. The second kappa shape index (κ2) is 15.5. The molecule has 45 heavy (non-hydrogen) atoms. The van der Waals surface area contributed by atoms with Crippen molar-refractivity contribution in [1.29, 1.82) is 0 Å². The molecule has 0 fully saturated rings. The van der Waals surface area contributed by atoms with Gasteiger partial charge in [0.25, 0.3) is 5.91 Å². The van der Waals surface area contributed by atoms with Gasteiger partial charge in [-0.05, 0) is 47.2 Å². The van der Waals surface area contributed by atoms with E-state index in [4.69, 9.17) is 11.5 Å². The normalized spacial score (nSPS) is 20.4. The van der Waals surface area contributed by atoms with Crippen LogP contribution in [0.25, 0.3) is 10.8 Å². The number of carbonyl (C=O) groups is 6. The summed E-state index contributed by atoms with van der Waals surface area (Å²) in [7, 11) is 1.42. The molecule has 3 rings (SSSR count). The van der Waals surface area contributed by atoms with Crippen molar-refractivity contribution in [3.63, 3.8) is 0 Å². The Morgan fingerprint density at radius 3 is 2.40 bits per heavy atom. The van der Waals surface area contributed by atoms with Gasteiger partial charge in [0, 0.05) is 25.7 Å². The van der Waals surface area contributed by atoms with E-state index in [1.165, 1.54) is 11.9 Å². The summed E-state index contributed by atoms with van der Waals surface area (Å²) in [6.45, 7) is 3.08. The highest BCUT2D eigenvalue weighted by Gasteiger charge is 2.34. The van der Waals surface area contributed by atoms with Crippen LogP contribution < -0.4 is 32.7 Å². The van der Waals surface area contributed by atoms with E-state index in [-0.39, 0.29) is 37.0 Å². The zero-order valence-corrected chi connectivity index (χ0v) is 25.5. The first-order valence-corrected chi connectivity index (χ1v) is 14.5. The number of carbonyl (C=O) groups excluding carboxylic acids is 5. The molecule has 0 aromatic heterocycles. The number of rotatable bonds is 7. The minimum atomic E-state index is -1.43. The van der Waals surface area contributed by atoms with Gasteiger partial charge < -0.3 is 42.7 Å². The van der Waals surface area contributed by atoms with Crippen molar-refractivity contribution in [3.8, 4) is 0 Å². The van der Waals surface area contributed by atoms with Crippen molar-refractivity contribution in [2.75, 3.05) is 20.1 Å². The number of carboxylic acid groups (broad SMARTS) is 1. The van der Waals surface area contributed by atoms with Crippen molar-refractivity contribution in [1.82, 2.24) is 26.2 Å². The van der Waals surface area contributed by atoms with Gasteiger partial charge in [-0.15, -0.1) is 0 Å². The number of likely N-dealkylation sites (N-methyl/N-ethyl adjacent to an activating group) is 1. The summed E-state index contributed by atoms with van der Waals surface area (Å²) >= 11 is 0. The molecular formula is C30H40N8O7. The molecule has 2 bridgehead atoms. The van der Waals surface area contributed by atoms with Crippen LogP contribution in [-0.4, -0.2) is 89.7 Å². The number of nitrogens with two attached hydrogens (primary N) is 2. The lowest BCUT2D eigenvalue weighted by molar-refractivity contribution is -0.142. The van der Waals surface area contributed by atoms with Gasteiger partial charge in [0.15, 0.2) is 5.96 Å². The van der Waals surface area contributed by atoms with Crippen LogP contribution in [0.2, 0.25) is 0 Å². The Labute approximate surface area is 260 Å². The molecule has 242 valence electrons. The topological polar surface area (TPSA) is 238 Å². The summed E-state index contributed by atoms with van der Waals surface area (Å²) in [5, 5.41) is 21.1. The molecule has 1 aliphatic rings. The summed E-state index contributed by atoms with van der Waals surface area (Å²) in [5.41, 5.74) is 11.7. The van der Waals surface area contributed by atoms with Gasteiger partial charge in [0.1, 0.15) is 18.1 Å². The van der Waals surface area contributed by atoms with Crippen LogP contribution in [0.4, 0.5) is 0 Å². The average molecular weight is 625 g/mol. The van der Waals surface area contributed by atoms with Crippen molar-refractivity contribution in [3.05, 3.63) is 47.5 Å². The van der Waals surface area contributed by atoms with Crippen molar-refractivity contribution in [2.24, 2.45) is 22.4 Å². The first kappa shape index (κ1) is 34.3. The van der Waals surface area contributed by atoms with Crippen LogP contribution in [0.5, 0.6) is 0 Å². The molecule has 0 saturated carbocycles. The highest BCUT2D eigenvalue weighted by Crippen LogP contribution is 2.22. The number of nitrogens with zero attached hydrogens (tertiary/aromatic N) is 2. The maximum Gasteiger partial charge on any atom is 0.305 e. The number of aliphatic carboxylic acids is 1. The Morgan fingerprint density at radius 2 is 1.73 bits per heavy atom. The van der Waals surface area contributed by atoms with Crippen molar-refractivity contribution >= 4 is 52.2 Å². The molecular weight excluding hydrogens is 584 g/mol. The van der Waals surface area contributed by atoms with Crippen LogP contribution in [0.15, 0.2) is 41.4 Å². The highest BCUT2D eigenvalue weighted by molar-refractivity contribution is 6.02. The van der Waals surface area contributed by atoms with E-state index in [0.717, 1.165) is 5.39 Å². The Morgan fingerprint density at radius 1 is 1.02 bits per heavy atom. The van der Waals surface area contributed by atoms with E-state index in [0.29, 0.717) is 17.4 Å². The lowest BCUT2D eigenvalue weighted by Gasteiger charge is -2.32. The molecule has 15 heteroatoms. The predicted molar refractivity (Wildman–Crippen MR) is 166 cm³/mol. The van der Waals surface area contributed by atoms with E-state index < -0.39 is 66.6 Å². The summed E-state index contributed by atoms with van der Waals surface area (Å²) in [5.74, 6) is -5.09. The number of fused-ring (bicyclic) bond motifs is 1. The molecule has 5 amide bonds. The zero-order chi connectivity index (χ0) is 33.3. The number of guanidine groups is 1. The fourth-order valence-electron chi connectivity index (χ4n) is 4.96. The summed E-state index contributed by atoms with van der Waals surface area (Å²) in [6, 6.07) is 6.83. The van der Waals surface area contributed by atoms with E-state index in [2.05, 4.69) is 26.3 Å². The SMILES string of the molecule is CC(C)[C@H]1NC(=O)c2ccc3cccc(c3c2)CNC(=O)[C@H](CC(=O)O)NC(=O)CNC(=O)[C@H](CCCN=C(N)N)N(C)C1=O. The maximum absolute atomic E-state index is 13.8. The third-order valence-electron chi connectivity index (χ3n) is 7.41. The molecule has 0 unspecified atom stereocenters. The third-order valence-corrected chi connectivity index (χ3v) is 7.41. The van der Waals surface area contributed by atoms with E-state index in [1.807, 2.05) is 6.07 Å². The lowest BCUT2D eigenvalue weighted by atomic mass is 9.99. The number of carboxylic acids is 1. The van der Waals surface area contributed by atoms with Gasteiger partial charge in [-0.3, -0.25) is 33.8 Å². The zero-order valence-electron chi connectivity index (χ0n) is 25.5. The standard InChI is InChI=1S/C30H40N8O7/c1-16(2)25-29(45)38(3)22(8-5-11-33-30(31)32)28(44)35-15-23(39)36-21(13-24(40)41)27(43)34-14-19-7-4-6-17-9-10-18(12-20(17)19)26(42)37-25/h4,6-7,9-10,12,16,21-22,25H,5,8,11,13-15H2,1-3H3,(H,34,43)(H,35,44)(H,36,39)(H,37,42)(H,40,41)(H4,31,32,33)/t21-,22-,25+/m0/s1.